The molecule has 0 amide bonds. The van der Waals surface area contributed by atoms with Gasteiger partial charge in [-0.25, -0.2) is 0 Å². The Morgan fingerprint density at radius 2 is 2.08 bits per heavy atom. The molecule has 0 saturated carbocycles. The monoisotopic (exact) mass is 166 g/mol. The molecule has 0 fully saturated rings. The Morgan fingerprint density at radius 1 is 1.50 bits per heavy atom. The highest BCUT2D eigenvalue weighted by Crippen LogP contribution is 2.30. The number of allylic oxidation sites excluding steroid dienone is 4. The quantitative estimate of drug-likeness (QED) is 0.632. The zero-order valence-corrected chi connectivity index (χ0v) is 8.39. The summed E-state index contributed by atoms with van der Waals surface area (Å²) in [5.41, 5.74) is 2.74. The number of hydrogen-bond acceptors (Lipinski definition) is 1. The van der Waals surface area contributed by atoms with Crippen molar-refractivity contribution in [2.45, 2.75) is 34.1 Å². The molecule has 1 nitrogen and oxygen atoms in total. The lowest BCUT2D eigenvalue weighted by atomic mass is 9.85. The third kappa shape index (κ3) is 1.71. The molecule has 0 aromatic rings. The molecule has 1 N–H and O–H groups in total. The molecule has 1 heteroatoms. The van der Waals surface area contributed by atoms with Gasteiger partial charge in [0.1, 0.15) is 0 Å². The Kier molecular flexibility index (Phi) is 2.61. The van der Waals surface area contributed by atoms with Crippen LogP contribution in [0.3, 0.4) is 0 Å². The first-order valence-electron chi connectivity index (χ1n) is 4.62. The highest BCUT2D eigenvalue weighted by Gasteiger charge is 2.17. The minimum atomic E-state index is 0.312. The van der Waals surface area contributed by atoms with Crippen LogP contribution in [0.2, 0.25) is 0 Å². The van der Waals surface area contributed by atoms with Gasteiger partial charge < -0.3 is 5.11 Å². The van der Waals surface area contributed by atoms with E-state index in [2.05, 4.69) is 27.7 Å². The van der Waals surface area contributed by atoms with Crippen LogP contribution in [-0.2, 0) is 0 Å². The highest BCUT2D eigenvalue weighted by atomic mass is 16.3. The van der Waals surface area contributed by atoms with Crippen molar-refractivity contribution >= 4 is 0 Å². The first-order valence-corrected chi connectivity index (χ1v) is 4.62. The van der Waals surface area contributed by atoms with E-state index in [-0.39, 0.29) is 0 Å². The first kappa shape index (κ1) is 9.37. The third-order valence-corrected chi connectivity index (χ3v) is 2.54. The lowest BCUT2D eigenvalue weighted by Crippen LogP contribution is -2.09. The minimum Gasteiger partial charge on any atom is -0.512 e. The average Bonchev–Trinajstić information content (AvgIpc) is 1.96. The van der Waals surface area contributed by atoms with Gasteiger partial charge in [0.2, 0.25) is 0 Å². The summed E-state index contributed by atoms with van der Waals surface area (Å²) in [4.78, 5) is 0. The molecule has 1 aliphatic rings. The highest BCUT2D eigenvalue weighted by molar-refractivity contribution is 5.32. The normalized spacial score (nSPS) is 24.8. The van der Waals surface area contributed by atoms with Crippen molar-refractivity contribution in [1.29, 1.82) is 0 Å². The van der Waals surface area contributed by atoms with E-state index in [1.807, 2.05) is 6.08 Å². The topological polar surface area (TPSA) is 20.2 Å². The molecule has 1 rings (SSSR count). The zero-order chi connectivity index (χ0) is 9.30. The fourth-order valence-electron chi connectivity index (χ4n) is 1.77. The molecule has 0 saturated heterocycles. The van der Waals surface area contributed by atoms with E-state index in [9.17, 15) is 5.11 Å². The molecule has 12 heavy (non-hydrogen) atoms. The average molecular weight is 166 g/mol. The molecule has 0 bridgehead atoms. The SMILES string of the molecule is CC1=C(C(C)C)C=C(O)C(C)C1. The molecule has 0 radical (unpaired) electrons. The van der Waals surface area contributed by atoms with E-state index in [1.165, 1.54) is 11.1 Å². The van der Waals surface area contributed by atoms with Gasteiger partial charge in [-0.2, -0.15) is 0 Å². The maximum atomic E-state index is 9.54. The molecule has 0 aliphatic heterocycles. The van der Waals surface area contributed by atoms with Crippen molar-refractivity contribution in [3.05, 3.63) is 23.0 Å². The van der Waals surface area contributed by atoms with Crippen LogP contribution in [0.15, 0.2) is 23.0 Å². The van der Waals surface area contributed by atoms with Gasteiger partial charge in [0, 0.05) is 5.92 Å². The van der Waals surface area contributed by atoms with Gasteiger partial charge in [-0.05, 0) is 30.9 Å². The van der Waals surface area contributed by atoms with Crippen molar-refractivity contribution in [3.8, 4) is 0 Å². The molecule has 0 spiro atoms. The van der Waals surface area contributed by atoms with Gasteiger partial charge in [-0.1, -0.05) is 26.3 Å². The second-order valence-electron chi connectivity index (χ2n) is 4.06. The molecular weight excluding hydrogens is 148 g/mol. The van der Waals surface area contributed by atoms with Crippen LogP contribution in [-0.4, -0.2) is 5.11 Å². The summed E-state index contributed by atoms with van der Waals surface area (Å²) in [7, 11) is 0. The van der Waals surface area contributed by atoms with E-state index >= 15 is 0 Å². The maximum Gasteiger partial charge on any atom is 0.0956 e. The van der Waals surface area contributed by atoms with Gasteiger partial charge >= 0.3 is 0 Å². The zero-order valence-electron chi connectivity index (χ0n) is 8.39. The molecule has 1 unspecified atom stereocenters. The fourth-order valence-corrected chi connectivity index (χ4v) is 1.77. The van der Waals surface area contributed by atoms with Crippen LogP contribution >= 0.6 is 0 Å². The van der Waals surface area contributed by atoms with Gasteiger partial charge in [-0.3, -0.25) is 0 Å². The van der Waals surface area contributed by atoms with Crippen LogP contribution in [0.1, 0.15) is 34.1 Å². The van der Waals surface area contributed by atoms with Crippen LogP contribution < -0.4 is 0 Å². The predicted octanol–water partition coefficient (Wildman–Crippen LogP) is 3.44. The Bertz CT molecular complexity index is 233. The summed E-state index contributed by atoms with van der Waals surface area (Å²) in [6, 6.07) is 0. The summed E-state index contributed by atoms with van der Waals surface area (Å²) in [6.07, 6.45) is 2.95. The number of hydrogen-bond donors (Lipinski definition) is 1. The van der Waals surface area contributed by atoms with Crippen LogP contribution in [0, 0.1) is 11.8 Å². The predicted molar refractivity (Wildman–Crippen MR) is 52.0 cm³/mol. The van der Waals surface area contributed by atoms with Gasteiger partial charge in [0.15, 0.2) is 0 Å². The maximum absolute atomic E-state index is 9.54. The molecule has 1 atom stereocenters. The van der Waals surface area contributed by atoms with Crippen molar-refractivity contribution in [1.82, 2.24) is 0 Å². The van der Waals surface area contributed by atoms with Crippen LogP contribution in [0.5, 0.6) is 0 Å². The smallest absolute Gasteiger partial charge is 0.0956 e. The van der Waals surface area contributed by atoms with E-state index < -0.39 is 0 Å². The Hall–Kier alpha value is -0.720. The van der Waals surface area contributed by atoms with Gasteiger partial charge in [0.25, 0.3) is 0 Å². The summed E-state index contributed by atoms with van der Waals surface area (Å²) >= 11 is 0. The Balaban J connectivity index is 2.94. The lowest BCUT2D eigenvalue weighted by Gasteiger charge is -2.22. The molecule has 68 valence electrons. The molecule has 0 heterocycles. The summed E-state index contributed by atoms with van der Waals surface area (Å²) in [5.74, 6) is 1.39. The van der Waals surface area contributed by atoms with Crippen LogP contribution in [0.25, 0.3) is 0 Å². The molecule has 1 aliphatic carbocycles. The lowest BCUT2D eigenvalue weighted by molar-refractivity contribution is 0.332. The molecule has 0 aromatic heterocycles. The standard InChI is InChI=1S/C11H18O/c1-7(2)10-6-11(12)9(4)5-8(10)3/h6-7,9,12H,5H2,1-4H3. The summed E-state index contributed by atoms with van der Waals surface area (Å²) in [6.45, 7) is 8.55. The van der Waals surface area contributed by atoms with Gasteiger partial charge in [0.05, 0.1) is 5.76 Å². The second-order valence-corrected chi connectivity index (χ2v) is 4.06. The van der Waals surface area contributed by atoms with E-state index in [1.54, 1.807) is 0 Å². The Morgan fingerprint density at radius 3 is 2.58 bits per heavy atom. The third-order valence-electron chi connectivity index (χ3n) is 2.54. The summed E-state index contributed by atoms with van der Waals surface area (Å²) < 4.78 is 0. The van der Waals surface area contributed by atoms with Gasteiger partial charge in [-0.15, -0.1) is 0 Å². The van der Waals surface area contributed by atoms with Crippen LogP contribution in [0.4, 0.5) is 0 Å². The second kappa shape index (κ2) is 3.34. The van der Waals surface area contributed by atoms with E-state index in [0.717, 1.165) is 6.42 Å². The minimum absolute atomic E-state index is 0.312. The fraction of sp³-hybridized carbons (Fsp3) is 0.636. The van der Waals surface area contributed by atoms with Crippen molar-refractivity contribution in [2.24, 2.45) is 11.8 Å². The molecular formula is C11H18O. The number of rotatable bonds is 1. The summed E-state index contributed by atoms with van der Waals surface area (Å²) in [5, 5.41) is 9.54. The number of aliphatic hydroxyl groups is 1. The molecule has 0 aromatic carbocycles. The van der Waals surface area contributed by atoms with Crippen molar-refractivity contribution in [2.75, 3.05) is 0 Å². The first-order chi connectivity index (χ1) is 5.52. The largest absolute Gasteiger partial charge is 0.512 e. The van der Waals surface area contributed by atoms with Crippen molar-refractivity contribution < 1.29 is 5.11 Å². The Labute approximate surface area is 74.8 Å². The van der Waals surface area contributed by atoms with E-state index in [4.69, 9.17) is 0 Å². The number of aliphatic hydroxyl groups excluding tert-OH is 1. The van der Waals surface area contributed by atoms with Crippen molar-refractivity contribution in [3.63, 3.8) is 0 Å². The van der Waals surface area contributed by atoms with E-state index in [0.29, 0.717) is 17.6 Å².